The first-order valence-corrected chi connectivity index (χ1v) is 8.66. The summed E-state index contributed by atoms with van der Waals surface area (Å²) < 4.78 is 17.8. The Morgan fingerprint density at radius 3 is 2.73 bits per heavy atom. The number of halogens is 1. The first kappa shape index (κ1) is 18.4. The van der Waals surface area contributed by atoms with Crippen LogP contribution in [0.2, 0.25) is 5.02 Å². The lowest BCUT2D eigenvalue weighted by molar-refractivity contribution is 0.252. The van der Waals surface area contributed by atoms with Gasteiger partial charge in [-0.1, -0.05) is 17.7 Å². The van der Waals surface area contributed by atoms with Gasteiger partial charge in [-0.2, -0.15) is 0 Å². The summed E-state index contributed by atoms with van der Waals surface area (Å²) in [7, 11) is 3.55. The summed E-state index contributed by atoms with van der Waals surface area (Å²) in [5, 5.41) is 0.535. The molecule has 138 valence electrons. The minimum atomic E-state index is -0.404. The lowest BCUT2D eigenvalue weighted by Crippen LogP contribution is -2.27. The third-order valence-electron chi connectivity index (χ3n) is 3.99. The number of methoxy groups -OCH3 is 1. The number of benzene rings is 2. The summed E-state index contributed by atoms with van der Waals surface area (Å²) in [6, 6.07) is 11.0. The lowest BCUT2D eigenvalue weighted by atomic mass is 10.2. The standard InChI is InChI=1S/C19H21ClN2O4/c1-4-25-16-8-5-13(9-18(16)24-3)11-21(2)12-22-15-7-6-14(20)10-17(15)26-19(22)23/h5-10H,4,11-12H2,1-3H3. The zero-order chi connectivity index (χ0) is 18.7. The Bertz CT molecular complexity index is 964. The van der Waals surface area contributed by atoms with E-state index in [1.807, 2.05) is 37.1 Å². The molecule has 0 atom stereocenters. The SMILES string of the molecule is CCOc1ccc(CN(C)Cn2c(=O)oc3cc(Cl)ccc32)cc1OC. The Hall–Kier alpha value is -2.44. The molecule has 1 aromatic heterocycles. The maximum atomic E-state index is 12.1. The zero-order valence-corrected chi connectivity index (χ0v) is 15.7. The first-order chi connectivity index (χ1) is 12.5. The molecule has 0 spiro atoms. The van der Waals surface area contributed by atoms with Crippen molar-refractivity contribution in [1.29, 1.82) is 0 Å². The van der Waals surface area contributed by atoms with Crippen LogP contribution in [-0.4, -0.2) is 30.2 Å². The Balaban J connectivity index is 1.78. The second-order valence-corrected chi connectivity index (χ2v) is 6.42. The van der Waals surface area contributed by atoms with Crippen LogP contribution in [0.1, 0.15) is 12.5 Å². The molecule has 0 aliphatic rings. The van der Waals surface area contributed by atoms with Crippen molar-refractivity contribution < 1.29 is 13.9 Å². The van der Waals surface area contributed by atoms with Crippen molar-refractivity contribution in [2.75, 3.05) is 20.8 Å². The van der Waals surface area contributed by atoms with E-state index in [9.17, 15) is 4.79 Å². The number of aromatic nitrogens is 1. The number of hydrogen-bond acceptors (Lipinski definition) is 5. The molecule has 0 bridgehead atoms. The molecule has 0 aliphatic carbocycles. The molecule has 0 unspecified atom stereocenters. The molecule has 0 aliphatic heterocycles. The van der Waals surface area contributed by atoms with Gasteiger partial charge in [0.15, 0.2) is 17.1 Å². The van der Waals surface area contributed by atoms with Crippen molar-refractivity contribution in [2.24, 2.45) is 0 Å². The molecule has 3 rings (SSSR count). The van der Waals surface area contributed by atoms with Gasteiger partial charge in [-0.25, -0.2) is 4.79 Å². The van der Waals surface area contributed by atoms with Crippen LogP contribution in [0.5, 0.6) is 11.5 Å². The number of nitrogens with zero attached hydrogens (tertiary/aromatic N) is 2. The van der Waals surface area contributed by atoms with E-state index in [-0.39, 0.29) is 0 Å². The van der Waals surface area contributed by atoms with Crippen LogP contribution in [0.15, 0.2) is 45.6 Å². The van der Waals surface area contributed by atoms with Gasteiger partial charge >= 0.3 is 5.76 Å². The van der Waals surface area contributed by atoms with Gasteiger partial charge in [0.1, 0.15) is 0 Å². The normalized spacial score (nSPS) is 11.3. The highest BCUT2D eigenvalue weighted by Crippen LogP contribution is 2.28. The molecular formula is C19H21ClN2O4. The van der Waals surface area contributed by atoms with Crippen LogP contribution in [0.4, 0.5) is 0 Å². The van der Waals surface area contributed by atoms with Crippen molar-refractivity contribution >= 4 is 22.7 Å². The summed E-state index contributed by atoms with van der Waals surface area (Å²) in [6.45, 7) is 3.54. The monoisotopic (exact) mass is 376 g/mol. The quantitative estimate of drug-likeness (QED) is 0.628. The molecular weight excluding hydrogens is 356 g/mol. The molecule has 0 saturated carbocycles. The average molecular weight is 377 g/mol. The van der Waals surface area contributed by atoms with Gasteiger partial charge in [-0.15, -0.1) is 0 Å². The van der Waals surface area contributed by atoms with Gasteiger partial charge in [-0.05, 0) is 43.8 Å². The molecule has 26 heavy (non-hydrogen) atoms. The zero-order valence-electron chi connectivity index (χ0n) is 15.0. The summed E-state index contributed by atoms with van der Waals surface area (Å²) >= 11 is 5.95. The highest BCUT2D eigenvalue weighted by molar-refractivity contribution is 6.31. The summed E-state index contributed by atoms with van der Waals surface area (Å²) in [6.07, 6.45) is 0. The maximum Gasteiger partial charge on any atom is 0.421 e. The minimum Gasteiger partial charge on any atom is -0.493 e. The summed E-state index contributed by atoms with van der Waals surface area (Å²) in [5.74, 6) is 1.01. The second kappa shape index (κ2) is 7.85. The van der Waals surface area contributed by atoms with Crippen molar-refractivity contribution in [1.82, 2.24) is 9.47 Å². The van der Waals surface area contributed by atoms with E-state index in [0.29, 0.717) is 36.2 Å². The summed E-state index contributed by atoms with van der Waals surface area (Å²) in [5.41, 5.74) is 2.26. The topological polar surface area (TPSA) is 56.8 Å². The van der Waals surface area contributed by atoms with E-state index in [1.54, 1.807) is 29.9 Å². The van der Waals surface area contributed by atoms with Crippen LogP contribution < -0.4 is 15.2 Å². The lowest BCUT2D eigenvalue weighted by Gasteiger charge is -2.18. The average Bonchev–Trinajstić information content (AvgIpc) is 2.91. The van der Waals surface area contributed by atoms with Crippen molar-refractivity contribution in [3.63, 3.8) is 0 Å². The van der Waals surface area contributed by atoms with Crippen LogP contribution in [0.25, 0.3) is 11.1 Å². The van der Waals surface area contributed by atoms with E-state index in [0.717, 1.165) is 16.8 Å². The Morgan fingerprint density at radius 1 is 1.19 bits per heavy atom. The predicted molar refractivity (Wildman–Crippen MR) is 101 cm³/mol. The van der Waals surface area contributed by atoms with Crippen molar-refractivity contribution in [3.8, 4) is 11.5 Å². The van der Waals surface area contributed by atoms with Gasteiger partial charge in [0.2, 0.25) is 0 Å². The number of fused-ring (bicyclic) bond motifs is 1. The maximum absolute atomic E-state index is 12.1. The Labute approximate surface area is 156 Å². The van der Waals surface area contributed by atoms with Crippen LogP contribution in [0, 0.1) is 0 Å². The fourth-order valence-corrected chi connectivity index (χ4v) is 3.02. The fraction of sp³-hybridized carbons (Fsp3) is 0.316. The number of hydrogen-bond donors (Lipinski definition) is 0. The largest absolute Gasteiger partial charge is 0.493 e. The molecule has 3 aromatic rings. The smallest absolute Gasteiger partial charge is 0.421 e. The molecule has 6 nitrogen and oxygen atoms in total. The highest BCUT2D eigenvalue weighted by atomic mass is 35.5. The molecule has 7 heteroatoms. The van der Waals surface area contributed by atoms with Crippen LogP contribution in [0.3, 0.4) is 0 Å². The molecule has 1 heterocycles. The molecule has 0 amide bonds. The van der Waals surface area contributed by atoms with E-state index in [4.69, 9.17) is 25.5 Å². The second-order valence-electron chi connectivity index (χ2n) is 5.98. The van der Waals surface area contributed by atoms with Gasteiger partial charge < -0.3 is 13.9 Å². The first-order valence-electron chi connectivity index (χ1n) is 8.29. The van der Waals surface area contributed by atoms with E-state index < -0.39 is 5.76 Å². The van der Waals surface area contributed by atoms with E-state index >= 15 is 0 Å². The predicted octanol–water partition coefficient (Wildman–Crippen LogP) is 3.74. The van der Waals surface area contributed by atoms with Crippen LogP contribution in [-0.2, 0) is 13.2 Å². The Kier molecular flexibility index (Phi) is 5.54. The molecule has 0 radical (unpaired) electrons. The molecule has 0 fully saturated rings. The fourth-order valence-electron chi connectivity index (χ4n) is 2.86. The third-order valence-corrected chi connectivity index (χ3v) is 4.23. The van der Waals surface area contributed by atoms with Crippen molar-refractivity contribution in [3.05, 3.63) is 57.5 Å². The number of rotatable bonds is 7. The van der Waals surface area contributed by atoms with Gasteiger partial charge in [-0.3, -0.25) is 9.47 Å². The number of ether oxygens (including phenoxy) is 2. The molecule has 2 aromatic carbocycles. The third kappa shape index (κ3) is 3.86. The number of oxazole rings is 1. The highest BCUT2D eigenvalue weighted by Gasteiger charge is 2.13. The van der Waals surface area contributed by atoms with E-state index in [1.165, 1.54) is 0 Å². The molecule has 0 N–H and O–H groups in total. The van der Waals surface area contributed by atoms with Crippen molar-refractivity contribution in [2.45, 2.75) is 20.1 Å². The minimum absolute atomic E-state index is 0.392. The van der Waals surface area contributed by atoms with E-state index in [2.05, 4.69) is 0 Å². The summed E-state index contributed by atoms with van der Waals surface area (Å²) in [4.78, 5) is 14.2. The molecule has 0 saturated heterocycles. The van der Waals surface area contributed by atoms with Crippen LogP contribution >= 0.6 is 11.6 Å². The van der Waals surface area contributed by atoms with Gasteiger partial charge in [0, 0.05) is 17.6 Å². The van der Waals surface area contributed by atoms with Gasteiger partial charge in [0.25, 0.3) is 0 Å². The Morgan fingerprint density at radius 2 is 2.00 bits per heavy atom. The van der Waals surface area contributed by atoms with Gasteiger partial charge in [0.05, 0.1) is 25.9 Å².